The van der Waals surface area contributed by atoms with Gasteiger partial charge >= 0.3 is 0 Å². The van der Waals surface area contributed by atoms with Crippen LogP contribution < -0.4 is 5.32 Å². The SMILES string of the molecule is COCc1cccc(NC(C)c2sccc2Br)c1. The van der Waals surface area contributed by atoms with Crippen LogP contribution >= 0.6 is 27.3 Å². The van der Waals surface area contributed by atoms with Crippen LogP contribution in [0.2, 0.25) is 0 Å². The summed E-state index contributed by atoms with van der Waals surface area (Å²) in [5.74, 6) is 0. The van der Waals surface area contributed by atoms with Crippen molar-refractivity contribution >= 4 is 33.0 Å². The van der Waals surface area contributed by atoms with Crippen LogP contribution in [0.5, 0.6) is 0 Å². The van der Waals surface area contributed by atoms with Crippen molar-refractivity contribution in [1.82, 2.24) is 0 Å². The van der Waals surface area contributed by atoms with Gasteiger partial charge in [-0.25, -0.2) is 0 Å². The van der Waals surface area contributed by atoms with Crippen LogP contribution in [0, 0.1) is 0 Å². The van der Waals surface area contributed by atoms with Gasteiger partial charge in [0.05, 0.1) is 12.6 Å². The molecule has 18 heavy (non-hydrogen) atoms. The molecule has 0 saturated heterocycles. The van der Waals surface area contributed by atoms with Crippen molar-refractivity contribution in [3.8, 4) is 0 Å². The molecule has 1 N–H and O–H groups in total. The quantitative estimate of drug-likeness (QED) is 0.850. The van der Waals surface area contributed by atoms with Crippen LogP contribution in [0.15, 0.2) is 40.2 Å². The minimum absolute atomic E-state index is 0.289. The molecule has 1 aromatic carbocycles. The molecular weight excluding hydrogens is 310 g/mol. The van der Waals surface area contributed by atoms with Crippen molar-refractivity contribution < 1.29 is 4.74 Å². The van der Waals surface area contributed by atoms with E-state index in [1.165, 1.54) is 14.9 Å². The zero-order chi connectivity index (χ0) is 13.0. The van der Waals surface area contributed by atoms with E-state index < -0.39 is 0 Å². The normalized spacial score (nSPS) is 12.4. The van der Waals surface area contributed by atoms with Gasteiger partial charge < -0.3 is 10.1 Å². The Hall–Kier alpha value is -0.840. The lowest BCUT2D eigenvalue weighted by Gasteiger charge is -2.15. The highest BCUT2D eigenvalue weighted by atomic mass is 79.9. The monoisotopic (exact) mass is 325 g/mol. The maximum atomic E-state index is 5.15. The van der Waals surface area contributed by atoms with E-state index in [4.69, 9.17) is 4.74 Å². The van der Waals surface area contributed by atoms with Crippen molar-refractivity contribution in [2.45, 2.75) is 19.6 Å². The number of methoxy groups -OCH3 is 1. The number of ether oxygens (including phenoxy) is 1. The molecule has 1 atom stereocenters. The molecule has 0 fully saturated rings. The Morgan fingerprint density at radius 1 is 1.39 bits per heavy atom. The first-order chi connectivity index (χ1) is 8.70. The van der Waals surface area contributed by atoms with E-state index in [1.807, 2.05) is 6.07 Å². The molecule has 0 spiro atoms. The van der Waals surface area contributed by atoms with Crippen molar-refractivity contribution in [2.75, 3.05) is 12.4 Å². The minimum atomic E-state index is 0.289. The molecule has 0 aliphatic carbocycles. The van der Waals surface area contributed by atoms with E-state index in [-0.39, 0.29) is 6.04 Å². The van der Waals surface area contributed by atoms with E-state index >= 15 is 0 Å². The maximum absolute atomic E-state index is 5.15. The van der Waals surface area contributed by atoms with Gasteiger partial charge in [0, 0.05) is 22.1 Å². The van der Waals surface area contributed by atoms with Crippen LogP contribution in [0.25, 0.3) is 0 Å². The lowest BCUT2D eigenvalue weighted by molar-refractivity contribution is 0.185. The molecule has 0 aliphatic rings. The van der Waals surface area contributed by atoms with Gasteiger partial charge in [-0.05, 0) is 52.0 Å². The summed E-state index contributed by atoms with van der Waals surface area (Å²) in [4.78, 5) is 1.31. The molecule has 4 heteroatoms. The largest absolute Gasteiger partial charge is 0.380 e. The van der Waals surface area contributed by atoms with E-state index in [0.717, 1.165) is 5.69 Å². The van der Waals surface area contributed by atoms with Crippen molar-refractivity contribution in [2.24, 2.45) is 0 Å². The van der Waals surface area contributed by atoms with E-state index in [9.17, 15) is 0 Å². The van der Waals surface area contributed by atoms with Crippen molar-refractivity contribution in [3.05, 3.63) is 50.6 Å². The predicted octanol–water partition coefficient (Wildman–Crippen LogP) is 4.83. The van der Waals surface area contributed by atoms with Crippen LogP contribution in [0.3, 0.4) is 0 Å². The lowest BCUT2D eigenvalue weighted by atomic mass is 10.2. The van der Waals surface area contributed by atoms with Crippen molar-refractivity contribution in [1.29, 1.82) is 0 Å². The Morgan fingerprint density at radius 3 is 2.89 bits per heavy atom. The molecule has 1 aromatic heterocycles. The van der Waals surface area contributed by atoms with Crippen molar-refractivity contribution in [3.63, 3.8) is 0 Å². The second-order valence-electron chi connectivity index (χ2n) is 4.13. The van der Waals surface area contributed by atoms with Gasteiger partial charge in [-0.3, -0.25) is 0 Å². The summed E-state index contributed by atoms with van der Waals surface area (Å²) in [5, 5.41) is 5.60. The number of halogens is 1. The Morgan fingerprint density at radius 2 is 2.22 bits per heavy atom. The third-order valence-electron chi connectivity index (χ3n) is 2.66. The summed E-state index contributed by atoms with van der Waals surface area (Å²) < 4.78 is 6.31. The fraction of sp³-hybridized carbons (Fsp3) is 0.286. The first kappa shape index (κ1) is 13.6. The molecule has 0 aliphatic heterocycles. The third-order valence-corrected chi connectivity index (χ3v) is 4.71. The highest BCUT2D eigenvalue weighted by Gasteiger charge is 2.10. The molecule has 0 amide bonds. The Kier molecular flexibility index (Phi) is 4.80. The number of anilines is 1. The van der Waals surface area contributed by atoms with Crippen LogP contribution in [0.1, 0.15) is 23.4 Å². The number of rotatable bonds is 5. The number of hydrogen-bond acceptors (Lipinski definition) is 3. The molecule has 2 nitrogen and oxygen atoms in total. The van der Waals surface area contributed by atoms with Crippen LogP contribution in [-0.2, 0) is 11.3 Å². The first-order valence-corrected chi connectivity index (χ1v) is 7.45. The van der Waals surface area contributed by atoms with Gasteiger partial charge in [-0.2, -0.15) is 0 Å². The molecular formula is C14H16BrNOS. The minimum Gasteiger partial charge on any atom is -0.380 e. The average Bonchev–Trinajstić information content (AvgIpc) is 2.76. The molecule has 2 rings (SSSR count). The van der Waals surface area contributed by atoms with Gasteiger partial charge in [0.1, 0.15) is 0 Å². The Bertz CT molecular complexity index is 512. The smallest absolute Gasteiger partial charge is 0.0713 e. The summed E-state index contributed by atoms with van der Waals surface area (Å²) in [6.45, 7) is 2.81. The number of benzene rings is 1. The molecule has 96 valence electrons. The van der Waals surface area contributed by atoms with Gasteiger partial charge in [0.25, 0.3) is 0 Å². The average molecular weight is 326 g/mol. The highest BCUT2D eigenvalue weighted by molar-refractivity contribution is 9.10. The van der Waals surface area contributed by atoms with Gasteiger partial charge in [-0.15, -0.1) is 11.3 Å². The zero-order valence-electron chi connectivity index (χ0n) is 10.4. The lowest BCUT2D eigenvalue weighted by Crippen LogP contribution is -2.05. The Balaban J connectivity index is 2.09. The zero-order valence-corrected chi connectivity index (χ0v) is 12.8. The summed E-state index contributed by atoms with van der Waals surface area (Å²) in [6, 6.07) is 10.7. The molecule has 0 bridgehead atoms. The second-order valence-corrected chi connectivity index (χ2v) is 5.93. The van der Waals surface area contributed by atoms with E-state index in [2.05, 4.69) is 57.8 Å². The molecule has 2 aromatic rings. The summed E-state index contributed by atoms with van der Waals surface area (Å²) in [7, 11) is 1.71. The number of hydrogen-bond donors (Lipinski definition) is 1. The predicted molar refractivity (Wildman–Crippen MR) is 81.2 cm³/mol. The van der Waals surface area contributed by atoms with Crippen LogP contribution in [0.4, 0.5) is 5.69 Å². The standard InChI is InChI=1S/C14H16BrNOS/c1-10(14-13(15)6-7-18-14)16-12-5-3-4-11(8-12)9-17-2/h3-8,10,16H,9H2,1-2H3. The number of nitrogens with one attached hydrogen (secondary N) is 1. The second kappa shape index (κ2) is 6.36. The number of thiophene rings is 1. The molecule has 1 unspecified atom stereocenters. The summed E-state index contributed by atoms with van der Waals surface area (Å²) in [5.41, 5.74) is 2.30. The van der Waals surface area contributed by atoms with E-state index in [1.54, 1.807) is 18.4 Å². The van der Waals surface area contributed by atoms with Gasteiger partial charge in [-0.1, -0.05) is 12.1 Å². The Labute approximate surface area is 120 Å². The van der Waals surface area contributed by atoms with Gasteiger partial charge in [0.2, 0.25) is 0 Å². The maximum Gasteiger partial charge on any atom is 0.0713 e. The molecule has 0 radical (unpaired) electrons. The fourth-order valence-corrected chi connectivity index (χ4v) is 3.57. The van der Waals surface area contributed by atoms with Gasteiger partial charge in [0.15, 0.2) is 0 Å². The van der Waals surface area contributed by atoms with E-state index in [0.29, 0.717) is 6.61 Å². The molecule has 0 saturated carbocycles. The topological polar surface area (TPSA) is 21.3 Å². The summed E-state index contributed by atoms with van der Waals surface area (Å²) >= 11 is 5.33. The summed E-state index contributed by atoms with van der Waals surface area (Å²) in [6.07, 6.45) is 0. The highest BCUT2D eigenvalue weighted by Crippen LogP contribution is 2.31. The molecule has 1 heterocycles. The van der Waals surface area contributed by atoms with Crippen LogP contribution in [-0.4, -0.2) is 7.11 Å². The fourth-order valence-electron chi connectivity index (χ4n) is 1.85. The first-order valence-electron chi connectivity index (χ1n) is 5.78. The third kappa shape index (κ3) is 3.34.